The highest BCUT2D eigenvalue weighted by molar-refractivity contribution is 5.79. The SMILES string of the molecule is CN=C(NCCn1cncn1)NC1CCN(C(C)C)CC1. The lowest BCUT2D eigenvalue weighted by molar-refractivity contribution is 0.167. The van der Waals surface area contributed by atoms with E-state index >= 15 is 0 Å². The molecule has 2 N–H and O–H groups in total. The van der Waals surface area contributed by atoms with Crippen LogP contribution < -0.4 is 10.6 Å². The molecule has 21 heavy (non-hydrogen) atoms. The zero-order valence-corrected chi connectivity index (χ0v) is 13.3. The summed E-state index contributed by atoms with van der Waals surface area (Å²) in [4.78, 5) is 10.7. The van der Waals surface area contributed by atoms with Crippen LogP contribution in [0.25, 0.3) is 0 Å². The molecule has 0 amide bonds. The number of hydrogen-bond acceptors (Lipinski definition) is 4. The Bertz CT molecular complexity index is 419. The number of hydrogen-bond donors (Lipinski definition) is 2. The highest BCUT2D eigenvalue weighted by atomic mass is 15.3. The second kappa shape index (κ2) is 7.97. The zero-order valence-electron chi connectivity index (χ0n) is 13.3. The minimum atomic E-state index is 0.512. The van der Waals surface area contributed by atoms with Crippen molar-refractivity contribution < 1.29 is 0 Å². The molecule has 118 valence electrons. The van der Waals surface area contributed by atoms with E-state index < -0.39 is 0 Å². The average molecular weight is 293 g/mol. The molecular weight excluding hydrogens is 266 g/mol. The third-order valence-corrected chi connectivity index (χ3v) is 3.92. The molecule has 1 aromatic rings. The van der Waals surface area contributed by atoms with Crippen LogP contribution in [0.2, 0.25) is 0 Å². The quantitative estimate of drug-likeness (QED) is 0.604. The Hall–Kier alpha value is -1.63. The Labute approximate surface area is 126 Å². The van der Waals surface area contributed by atoms with Crippen LogP contribution in [0.1, 0.15) is 26.7 Å². The number of nitrogens with zero attached hydrogens (tertiary/aromatic N) is 5. The van der Waals surface area contributed by atoms with E-state index in [1.54, 1.807) is 17.3 Å². The predicted molar refractivity (Wildman–Crippen MR) is 84.3 cm³/mol. The van der Waals surface area contributed by atoms with E-state index in [1.165, 1.54) is 12.8 Å². The summed E-state index contributed by atoms with van der Waals surface area (Å²) in [6, 6.07) is 1.16. The van der Waals surface area contributed by atoms with Gasteiger partial charge in [0.15, 0.2) is 5.96 Å². The average Bonchev–Trinajstić information content (AvgIpc) is 3.00. The number of piperidine rings is 1. The number of rotatable bonds is 5. The molecule has 0 saturated carbocycles. The van der Waals surface area contributed by atoms with Crippen LogP contribution in [-0.4, -0.2) is 64.4 Å². The maximum Gasteiger partial charge on any atom is 0.191 e. The van der Waals surface area contributed by atoms with E-state index in [4.69, 9.17) is 0 Å². The van der Waals surface area contributed by atoms with Crippen LogP contribution in [0.15, 0.2) is 17.6 Å². The molecule has 7 heteroatoms. The molecule has 1 saturated heterocycles. The molecule has 0 aromatic carbocycles. The van der Waals surface area contributed by atoms with Gasteiger partial charge in [-0.2, -0.15) is 5.10 Å². The summed E-state index contributed by atoms with van der Waals surface area (Å²) in [5.41, 5.74) is 0. The van der Waals surface area contributed by atoms with Gasteiger partial charge in [0.1, 0.15) is 12.7 Å². The van der Waals surface area contributed by atoms with E-state index in [0.29, 0.717) is 12.1 Å². The normalized spacial score (nSPS) is 18.2. The molecule has 1 fully saturated rings. The fourth-order valence-electron chi connectivity index (χ4n) is 2.59. The van der Waals surface area contributed by atoms with Crippen LogP contribution in [0.4, 0.5) is 0 Å². The van der Waals surface area contributed by atoms with Gasteiger partial charge in [0, 0.05) is 38.8 Å². The summed E-state index contributed by atoms with van der Waals surface area (Å²) in [5, 5.41) is 10.9. The first-order chi connectivity index (χ1) is 10.2. The monoisotopic (exact) mass is 293 g/mol. The van der Waals surface area contributed by atoms with Crippen LogP contribution in [0.3, 0.4) is 0 Å². The molecule has 2 heterocycles. The summed E-state index contributed by atoms with van der Waals surface area (Å²) in [6.45, 7) is 8.41. The summed E-state index contributed by atoms with van der Waals surface area (Å²) < 4.78 is 1.81. The van der Waals surface area contributed by atoms with Gasteiger partial charge in [-0.3, -0.25) is 9.67 Å². The Morgan fingerprint density at radius 1 is 1.38 bits per heavy atom. The first-order valence-corrected chi connectivity index (χ1v) is 7.72. The van der Waals surface area contributed by atoms with Gasteiger partial charge in [-0.05, 0) is 26.7 Å². The summed E-state index contributed by atoms with van der Waals surface area (Å²) in [5.74, 6) is 0.873. The standard InChI is InChI=1S/C14H27N7/c1-12(2)20-7-4-13(5-8-20)19-14(15-3)17-6-9-21-11-16-10-18-21/h10-13H,4-9H2,1-3H3,(H2,15,17,19). The van der Waals surface area contributed by atoms with E-state index in [2.05, 4.69) is 44.5 Å². The van der Waals surface area contributed by atoms with Crippen LogP contribution in [0.5, 0.6) is 0 Å². The molecule has 0 bridgehead atoms. The first-order valence-electron chi connectivity index (χ1n) is 7.72. The van der Waals surface area contributed by atoms with E-state index in [0.717, 1.165) is 32.1 Å². The van der Waals surface area contributed by atoms with Gasteiger partial charge in [0.25, 0.3) is 0 Å². The number of likely N-dealkylation sites (tertiary alicyclic amines) is 1. The van der Waals surface area contributed by atoms with Gasteiger partial charge in [0.2, 0.25) is 0 Å². The third-order valence-electron chi connectivity index (χ3n) is 3.92. The third kappa shape index (κ3) is 5.00. The van der Waals surface area contributed by atoms with Crippen LogP contribution in [-0.2, 0) is 6.54 Å². The summed E-state index contributed by atoms with van der Waals surface area (Å²) in [7, 11) is 1.81. The van der Waals surface area contributed by atoms with Crippen LogP contribution in [0, 0.1) is 0 Å². The molecule has 0 aliphatic carbocycles. The number of aromatic nitrogens is 3. The van der Waals surface area contributed by atoms with E-state index in [1.807, 2.05) is 7.05 Å². The molecule has 2 rings (SSSR count). The minimum absolute atomic E-state index is 0.512. The Balaban J connectivity index is 1.68. The lowest BCUT2D eigenvalue weighted by Crippen LogP contribution is -2.50. The zero-order chi connectivity index (χ0) is 15.1. The van der Waals surface area contributed by atoms with Crippen molar-refractivity contribution >= 4 is 5.96 Å². The highest BCUT2D eigenvalue weighted by Gasteiger charge is 2.21. The number of aliphatic imine (C=N–C) groups is 1. The molecule has 1 aliphatic rings. The molecule has 7 nitrogen and oxygen atoms in total. The lowest BCUT2D eigenvalue weighted by Gasteiger charge is -2.35. The largest absolute Gasteiger partial charge is 0.355 e. The summed E-state index contributed by atoms with van der Waals surface area (Å²) in [6.07, 6.45) is 5.61. The Morgan fingerprint density at radius 2 is 2.14 bits per heavy atom. The second-order valence-corrected chi connectivity index (χ2v) is 5.71. The van der Waals surface area contributed by atoms with Gasteiger partial charge in [-0.25, -0.2) is 4.98 Å². The van der Waals surface area contributed by atoms with Gasteiger partial charge < -0.3 is 15.5 Å². The predicted octanol–water partition coefficient (Wildman–Crippen LogP) is 0.316. The smallest absolute Gasteiger partial charge is 0.191 e. The molecule has 1 aliphatic heterocycles. The van der Waals surface area contributed by atoms with Crippen LogP contribution >= 0.6 is 0 Å². The molecule has 0 atom stereocenters. The van der Waals surface area contributed by atoms with Crippen molar-refractivity contribution in [2.24, 2.45) is 4.99 Å². The van der Waals surface area contributed by atoms with Crippen molar-refractivity contribution in [2.75, 3.05) is 26.7 Å². The van der Waals surface area contributed by atoms with E-state index in [-0.39, 0.29) is 0 Å². The van der Waals surface area contributed by atoms with Gasteiger partial charge >= 0.3 is 0 Å². The molecular formula is C14H27N7. The topological polar surface area (TPSA) is 70.4 Å². The first kappa shape index (κ1) is 15.8. The Morgan fingerprint density at radius 3 is 2.71 bits per heavy atom. The molecule has 0 radical (unpaired) electrons. The van der Waals surface area contributed by atoms with Gasteiger partial charge in [0.05, 0.1) is 6.54 Å². The van der Waals surface area contributed by atoms with Crippen molar-refractivity contribution in [3.05, 3.63) is 12.7 Å². The molecule has 1 aromatic heterocycles. The summed E-state index contributed by atoms with van der Waals surface area (Å²) >= 11 is 0. The number of nitrogens with one attached hydrogen (secondary N) is 2. The maximum absolute atomic E-state index is 4.29. The van der Waals surface area contributed by atoms with Crippen molar-refractivity contribution in [1.82, 2.24) is 30.3 Å². The van der Waals surface area contributed by atoms with Crippen molar-refractivity contribution in [1.29, 1.82) is 0 Å². The fraction of sp³-hybridized carbons (Fsp3) is 0.786. The highest BCUT2D eigenvalue weighted by Crippen LogP contribution is 2.12. The fourth-order valence-corrected chi connectivity index (χ4v) is 2.59. The van der Waals surface area contributed by atoms with Gasteiger partial charge in [-0.1, -0.05) is 0 Å². The van der Waals surface area contributed by atoms with Gasteiger partial charge in [-0.15, -0.1) is 0 Å². The molecule has 0 unspecified atom stereocenters. The van der Waals surface area contributed by atoms with E-state index in [9.17, 15) is 0 Å². The van der Waals surface area contributed by atoms with Crippen molar-refractivity contribution in [3.8, 4) is 0 Å². The van der Waals surface area contributed by atoms with Crippen molar-refractivity contribution in [3.63, 3.8) is 0 Å². The minimum Gasteiger partial charge on any atom is -0.355 e. The van der Waals surface area contributed by atoms with Crippen molar-refractivity contribution in [2.45, 2.75) is 45.3 Å². The second-order valence-electron chi connectivity index (χ2n) is 5.71. The maximum atomic E-state index is 4.29. The number of guanidine groups is 1. The Kier molecular flexibility index (Phi) is 5.98. The lowest BCUT2D eigenvalue weighted by atomic mass is 10.0. The molecule has 0 spiro atoms.